The number of nitriles is 2. The number of fused-ring (bicyclic) bond motifs is 1. The highest BCUT2D eigenvalue weighted by atomic mass is 28.3. The number of aromatic nitrogens is 7. The Hall–Kier alpha value is -4.46. The maximum atomic E-state index is 11.7. The summed E-state index contributed by atoms with van der Waals surface area (Å²) in [6.07, 6.45) is 9.73. The van der Waals surface area contributed by atoms with E-state index in [1.54, 1.807) is 12.5 Å². The summed E-state index contributed by atoms with van der Waals surface area (Å²) in [5.74, 6) is 0.314. The fraction of sp³-hybridized carbons (Fsp3) is 0.448. The molecular weight excluding hydrogens is 548 g/mol. The number of hydrogen-bond donors (Lipinski definition) is 0. The van der Waals surface area contributed by atoms with Crippen LogP contribution in [0.1, 0.15) is 42.0 Å². The molecule has 5 rings (SSSR count). The number of carbonyl (C=O) groups is 1. The van der Waals surface area contributed by atoms with Crippen LogP contribution in [-0.2, 0) is 11.5 Å². The lowest BCUT2D eigenvalue weighted by molar-refractivity contribution is 0.0899. The predicted octanol–water partition coefficient (Wildman–Crippen LogP) is 4.45. The Morgan fingerprint density at radius 1 is 1.21 bits per heavy atom. The molecule has 0 unspecified atom stereocenters. The maximum absolute atomic E-state index is 11.7. The molecule has 1 aliphatic heterocycles. The molecule has 12 nitrogen and oxygen atoms in total. The van der Waals surface area contributed by atoms with E-state index in [0.29, 0.717) is 25.6 Å². The highest BCUT2D eigenvalue weighted by Crippen LogP contribution is 2.34. The molecule has 13 heteroatoms. The first-order chi connectivity index (χ1) is 20.2. The van der Waals surface area contributed by atoms with Gasteiger partial charge in [0.05, 0.1) is 36.6 Å². The molecule has 4 aromatic rings. The Morgan fingerprint density at radius 2 is 2.05 bits per heavy atom. The smallest absolute Gasteiger partial charge is 0.183 e. The van der Waals surface area contributed by atoms with Crippen molar-refractivity contribution in [2.45, 2.75) is 58.2 Å². The number of carbonyl (C=O) groups excluding carboxylic acids is 1. The topological polar surface area (TPSA) is 151 Å². The van der Waals surface area contributed by atoms with Gasteiger partial charge in [0, 0.05) is 64.0 Å². The molecular formula is C29H34N10O2Si. The number of ether oxygens (including phenoxy) is 1. The van der Waals surface area contributed by atoms with Crippen molar-refractivity contribution in [3.63, 3.8) is 0 Å². The van der Waals surface area contributed by atoms with Crippen LogP contribution in [0.5, 0.6) is 0 Å². The summed E-state index contributed by atoms with van der Waals surface area (Å²) < 4.78 is 9.79. The quantitative estimate of drug-likeness (QED) is 0.141. The standard InChI is InChI=1S/C29H34N10O2Si/c1-20(40)25-15-32-29(24(13-31)36-25)37-9-6-21(16-37)26(5-8-30)39-17-22(14-35-39)27-23-7-10-38(28(23)34-18-33-27)19-41-11-12-42(2,3)4/h7,10,14-15,17-18,21,26H,5-6,9,11-12,16,19H2,1-4H3/t21-,26-/m0/s1. The van der Waals surface area contributed by atoms with Gasteiger partial charge in [-0.15, -0.1) is 0 Å². The van der Waals surface area contributed by atoms with E-state index in [1.165, 1.54) is 13.1 Å². The second-order valence-corrected chi connectivity index (χ2v) is 17.4. The fourth-order valence-electron chi connectivity index (χ4n) is 5.24. The largest absolute Gasteiger partial charge is 0.361 e. The molecule has 0 radical (unpaired) electrons. The number of rotatable bonds is 11. The SMILES string of the molecule is CC(=O)c1cnc(N2CC[C@H]([C@H](CC#N)n3cc(-c4ncnc5c4ccn5COCC[Si](C)(C)C)cn3)C2)c(C#N)n1. The van der Waals surface area contributed by atoms with E-state index in [9.17, 15) is 15.3 Å². The summed E-state index contributed by atoms with van der Waals surface area (Å²) in [6.45, 7) is 10.8. The fourth-order valence-corrected chi connectivity index (χ4v) is 6.00. The molecule has 0 bridgehead atoms. The maximum Gasteiger partial charge on any atom is 0.183 e. The zero-order valence-corrected chi connectivity index (χ0v) is 25.4. The molecule has 0 aromatic carbocycles. The summed E-state index contributed by atoms with van der Waals surface area (Å²) in [5, 5.41) is 24.9. The number of Topliss-reactive ketones (excluding diaryl/α,β-unsaturated/α-hetero) is 1. The second kappa shape index (κ2) is 12.2. The summed E-state index contributed by atoms with van der Waals surface area (Å²) in [6, 6.07) is 7.31. The average molecular weight is 583 g/mol. The molecule has 1 saturated heterocycles. The third kappa shape index (κ3) is 6.22. The Morgan fingerprint density at radius 3 is 2.79 bits per heavy atom. The van der Waals surface area contributed by atoms with Gasteiger partial charge in [0.15, 0.2) is 17.3 Å². The summed E-state index contributed by atoms with van der Waals surface area (Å²) in [7, 11) is -1.16. The summed E-state index contributed by atoms with van der Waals surface area (Å²) >= 11 is 0. The monoisotopic (exact) mass is 582 g/mol. The third-order valence-electron chi connectivity index (χ3n) is 7.59. The molecule has 0 saturated carbocycles. The third-order valence-corrected chi connectivity index (χ3v) is 9.29. The van der Waals surface area contributed by atoms with Crippen LogP contribution in [0, 0.1) is 28.6 Å². The van der Waals surface area contributed by atoms with E-state index in [0.717, 1.165) is 41.4 Å². The van der Waals surface area contributed by atoms with Crippen LogP contribution in [0.25, 0.3) is 22.3 Å². The Bertz CT molecular complexity index is 1680. The van der Waals surface area contributed by atoms with E-state index in [1.807, 2.05) is 32.6 Å². The molecule has 2 atom stereocenters. The van der Waals surface area contributed by atoms with Crippen molar-refractivity contribution in [2.75, 3.05) is 24.6 Å². The van der Waals surface area contributed by atoms with Gasteiger partial charge in [0.25, 0.3) is 0 Å². The van der Waals surface area contributed by atoms with E-state index in [2.05, 4.69) is 56.8 Å². The molecule has 216 valence electrons. The zero-order chi connectivity index (χ0) is 29.9. The van der Waals surface area contributed by atoms with Crippen LogP contribution in [0.15, 0.2) is 37.2 Å². The molecule has 0 aliphatic carbocycles. The Kier molecular flexibility index (Phi) is 8.43. The second-order valence-electron chi connectivity index (χ2n) is 11.8. The van der Waals surface area contributed by atoms with Crippen molar-refractivity contribution in [2.24, 2.45) is 5.92 Å². The van der Waals surface area contributed by atoms with Crippen LogP contribution < -0.4 is 4.90 Å². The van der Waals surface area contributed by atoms with E-state index in [-0.39, 0.29) is 35.6 Å². The van der Waals surface area contributed by atoms with Crippen molar-refractivity contribution >= 4 is 30.7 Å². The first-order valence-corrected chi connectivity index (χ1v) is 17.7. The normalized spacial score (nSPS) is 16.0. The molecule has 0 spiro atoms. The number of nitrogens with zero attached hydrogens (tertiary/aromatic N) is 10. The molecule has 4 aromatic heterocycles. The highest BCUT2D eigenvalue weighted by molar-refractivity contribution is 6.76. The lowest BCUT2D eigenvalue weighted by atomic mass is 9.96. The van der Waals surface area contributed by atoms with Gasteiger partial charge >= 0.3 is 0 Å². The minimum atomic E-state index is -1.16. The zero-order valence-electron chi connectivity index (χ0n) is 24.4. The van der Waals surface area contributed by atoms with E-state index < -0.39 is 8.07 Å². The lowest BCUT2D eigenvalue weighted by Crippen LogP contribution is -2.26. The molecule has 5 heterocycles. The number of ketones is 1. The van der Waals surface area contributed by atoms with Gasteiger partial charge in [-0.05, 0) is 18.5 Å². The summed E-state index contributed by atoms with van der Waals surface area (Å²) in [5.41, 5.74) is 2.71. The molecule has 42 heavy (non-hydrogen) atoms. The first kappa shape index (κ1) is 29.0. The molecule has 1 aliphatic rings. The van der Waals surface area contributed by atoms with Crippen molar-refractivity contribution in [3.8, 4) is 23.4 Å². The van der Waals surface area contributed by atoms with Crippen molar-refractivity contribution < 1.29 is 9.53 Å². The predicted molar refractivity (Wildman–Crippen MR) is 159 cm³/mol. The van der Waals surface area contributed by atoms with Crippen LogP contribution in [0.3, 0.4) is 0 Å². The van der Waals surface area contributed by atoms with Gasteiger partial charge in [-0.25, -0.2) is 19.9 Å². The highest BCUT2D eigenvalue weighted by Gasteiger charge is 2.33. The van der Waals surface area contributed by atoms with Crippen LogP contribution in [-0.4, -0.2) is 67.8 Å². The van der Waals surface area contributed by atoms with Crippen molar-refractivity contribution in [1.29, 1.82) is 10.5 Å². The minimum Gasteiger partial charge on any atom is -0.361 e. The molecule has 0 N–H and O–H groups in total. The average Bonchev–Trinajstić information content (AvgIpc) is 3.73. The lowest BCUT2D eigenvalue weighted by Gasteiger charge is -2.23. The van der Waals surface area contributed by atoms with E-state index >= 15 is 0 Å². The van der Waals surface area contributed by atoms with Gasteiger partial charge in [-0.1, -0.05) is 19.6 Å². The molecule has 0 amide bonds. The van der Waals surface area contributed by atoms with Crippen LogP contribution >= 0.6 is 0 Å². The van der Waals surface area contributed by atoms with Crippen LogP contribution in [0.2, 0.25) is 25.7 Å². The van der Waals surface area contributed by atoms with Gasteiger partial charge in [0.1, 0.15) is 30.5 Å². The van der Waals surface area contributed by atoms with Crippen LogP contribution in [0.4, 0.5) is 5.82 Å². The van der Waals surface area contributed by atoms with Crippen molar-refractivity contribution in [1.82, 2.24) is 34.3 Å². The van der Waals surface area contributed by atoms with E-state index in [4.69, 9.17) is 4.74 Å². The number of anilines is 1. The van der Waals surface area contributed by atoms with Gasteiger partial charge in [-0.3, -0.25) is 9.48 Å². The minimum absolute atomic E-state index is 0.0954. The first-order valence-electron chi connectivity index (χ1n) is 14.0. The Labute approximate surface area is 245 Å². The summed E-state index contributed by atoms with van der Waals surface area (Å²) in [4.78, 5) is 31.3. The van der Waals surface area contributed by atoms with Crippen molar-refractivity contribution in [3.05, 3.63) is 48.6 Å². The van der Waals surface area contributed by atoms with Gasteiger partial charge < -0.3 is 14.2 Å². The molecule has 1 fully saturated rings. The Balaban J connectivity index is 1.33. The van der Waals surface area contributed by atoms with Gasteiger partial charge in [0.2, 0.25) is 0 Å². The van der Waals surface area contributed by atoms with Gasteiger partial charge in [-0.2, -0.15) is 15.6 Å². The number of hydrogen-bond acceptors (Lipinski definition) is 10.